The van der Waals surface area contributed by atoms with Gasteiger partial charge in [-0.05, 0) is 57.2 Å². The van der Waals surface area contributed by atoms with Crippen LogP contribution in [-0.4, -0.2) is 46.8 Å². The van der Waals surface area contributed by atoms with E-state index in [0.29, 0.717) is 43.2 Å². The molecule has 0 atom stereocenters. The Morgan fingerprint density at radius 2 is 1.90 bits per heavy atom. The van der Waals surface area contributed by atoms with Gasteiger partial charge in [0.25, 0.3) is 5.91 Å². The van der Waals surface area contributed by atoms with Crippen molar-refractivity contribution in [2.24, 2.45) is 11.8 Å². The molecule has 0 spiro atoms. The molecule has 31 heavy (non-hydrogen) atoms. The van der Waals surface area contributed by atoms with E-state index in [0.717, 1.165) is 24.4 Å². The maximum atomic E-state index is 12.7. The summed E-state index contributed by atoms with van der Waals surface area (Å²) in [6.07, 6.45) is 3.54. The van der Waals surface area contributed by atoms with E-state index in [-0.39, 0.29) is 30.2 Å². The monoisotopic (exact) mass is 428 g/mol. The fourth-order valence-electron chi connectivity index (χ4n) is 4.02. The summed E-state index contributed by atoms with van der Waals surface area (Å²) in [6, 6.07) is 5.19. The molecule has 0 aromatic carbocycles. The molecule has 0 N–H and O–H groups in total. The third kappa shape index (κ3) is 5.46. The van der Waals surface area contributed by atoms with E-state index in [4.69, 9.17) is 9.15 Å². The van der Waals surface area contributed by atoms with Gasteiger partial charge in [0.2, 0.25) is 5.78 Å². The van der Waals surface area contributed by atoms with E-state index >= 15 is 0 Å². The first kappa shape index (κ1) is 22.8. The van der Waals surface area contributed by atoms with Crippen LogP contribution in [0, 0.1) is 25.7 Å². The zero-order valence-corrected chi connectivity index (χ0v) is 18.8. The molecular weight excluding hydrogens is 396 g/mol. The van der Waals surface area contributed by atoms with Gasteiger partial charge in [0, 0.05) is 36.6 Å². The number of carbonyl (C=O) groups excluding carboxylic acids is 3. The lowest BCUT2D eigenvalue weighted by Gasteiger charge is -2.30. The topological polar surface area (TPSA) is 81.8 Å². The van der Waals surface area contributed by atoms with Gasteiger partial charge in [-0.25, -0.2) is 0 Å². The largest absolute Gasteiger partial charge is 0.459 e. The van der Waals surface area contributed by atoms with Crippen LogP contribution < -0.4 is 0 Å². The van der Waals surface area contributed by atoms with Gasteiger partial charge in [0.05, 0.1) is 12.2 Å². The number of nitrogens with zero attached hydrogens (tertiary/aromatic N) is 2. The third-order valence-corrected chi connectivity index (χ3v) is 6.00. The smallest absolute Gasteiger partial charge is 0.309 e. The number of esters is 1. The highest BCUT2D eigenvalue weighted by Gasteiger charge is 2.30. The minimum Gasteiger partial charge on any atom is -0.459 e. The number of likely N-dealkylation sites (tertiary alicyclic amines) is 1. The maximum Gasteiger partial charge on any atom is 0.309 e. The van der Waals surface area contributed by atoms with Crippen molar-refractivity contribution < 1.29 is 23.5 Å². The van der Waals surface area contributed by atoms with Crippen molar-refractivity contribution >= 4 is 17.7 Å². The zero-order valence-electron chi connectivity index (χ0n) is 18.8. The highest BCUT2D eigenvalue weighted by Crippen LogP contribution is 2.22. The molecule has 0 radical (unpaired) electrons. The predicted octanol–water partition coefficient (Wildman–Crippen LogP) is 4.02. The van der Waals surface area contributed by atoms with Gasteiger partial charge in [-0.15, -0.1) is 0 Å². The maximum absolute atomic E-state index is 12.7. The Morgan fingerprint density at radius 1 is 1.19 bits per heavy atom. The first-order chi connectivity index (χ1) is 14.8. The lowest BCUT2D eigenvalue weighted by Crippen LogP contribution is -2.40. The summed E-state index contributed by atoms with van der Waals surface area (Å²) in [5.41, 5.74) is 2.58. The molecule has 7 heteroatoms. The third-order valence-electron chi connectivity index (χ3n) is 6.00. The van der Waals surface area contributed by atoms with E-state index in [2.05, 4.69) is 18.4 Å². The summed E-state index contributed by atoms with van der Waals surface area (Å²) in [4.78, 5) is 39.2. The number of aryl methyl sites for hydroxylation is 1. The molecule has 0 aliphatic carbocycles. The van der Waals surface area contributed by atoms with Gasteiger partial charge in [0.15, 0.2) is 12.4 Å². The van der Waals surface area contributed by atoms with Crippen molar-refractivity contribution in [2.45, 2.75) is 53.5 Å². The fraction of sp³-hybridized carbons (Fsp3) is 0.542. The number of amides is 1. The number of ketones is 1. The molecule has 2 aromatic heterocycles. The van der Waals surface area contributed by atoms with Crippen LogP contribution in [0.1, 0.15) is 65.4 Å². The summed E-state index contributed by atoms with van der Waals surface area (Å²) in [5, 5.41) is 0. The number of furan rings is 1. The van der Waals surface area contributed by atoms with Crippen LogP contribution in [0.4, 0.5) is 0 Å². The van der Waals surface area contributed by atoms with Crippen molar-refractivity contribution in [3.8, 4) is 0 Å². The molecule has 2 aromatic rings. The standard InChI is InChI=1S/C24H32N2O5/c1-16(2)7-12-26-17(3)14-20(18(26)4)21(27)15-31-24(29)19-8-10-25(11-9-19)23(28)22-6-5-13-30-22/h5-6,13-14,16,19H,7-12,15H2,1-4H3. The molecule has 1 saturated heterocycles. The SMILES string of the molecule is Cc1cc(C(=O)COC(=O)C2CCN(C(=O)c3ccco3)CC2)c(C)n1CCC(C)C. The predicted molar refractivity (Wildman–Crippen MR) is 116 cm³/mol. The Kier molecular flexibility index (Phi) is 7.36. The van der Waals surface area contributed by atoms with Gasteiger partial charge in [-0.2, -0.15) is 0 Å². The Labute approximate surface area is 183 Å². The lowest BCUT2D eigenvalue weighted by molar-refractivity contribution is -0.148. The Balaban J connectivity index is 1.49. The number of carbonyl (C=O) groups is 3. The van der Waals surface area contributed by atoms with Crippen LogP contribution in [0.2, 0.25) is 0 Å². The van der Waals surface area contributed by atoms with Crippen molar-refractivity contribution in [3.05, 3.63) is 47.2 Å². The summed E-state index contributed by atoms with van der Waals surface area (Å²) in [7, 11) is 0. The second kappa shape index (κ2) is 9.98. The average Bonchev–Trinajstić information content (AvgIpc) is 3.38. The number of Topliss-reactive ketones (excluding diaryl/α,β-unsaturated/α-hetero) is 1. The normalized spacial score (nSPS) is 14.8. The molecular formula is C24H32N2O5. The highest BCUT2D eigenvalue weighted by atomic mass is 16.5. The number of aromatic nitrogens is 1. The molecule has 1 amide bonds. The van der Waals surface area contributed by atoms with E-state index in [1.165, 1.54) is 6.26 Å². The van der Waals surface area contributed by atoms with Crippen LogP contribution in [0.3, 0.4) is 0 Å². The minimum atomic E-state index is -0.368. The van der Waals surface area contributed by atoms with Crippen LogP contribution in [0.5, 0.6) is 0 Å². The van der Waals surface area contributed by atoms with Crippen LogP contribution in [0.25, 0.3) is 0 Å². The first-order valence-corrected chi connectivity index (χ1v) is 11.0. The number of hydrogen-bond acceptors (Lipinski definition) is 5. The summed E-state index contributed by atoms with van der Waals surface area (Å²) in [5.74, 6) is -0.124. The molecule has 3 heterocycles. The average molecular weight is 429 g/mol. The molecule has 1 aliphatic rings. The van der Waals surface area contributed by atoms with Gasteiger partial charge >= 0.3 is 5.97 Å². The number of hydrogen-bond donors (Lipinski definition) is 0. The molecule has 168 valence electrons. The molecule has 0 bridgehead atoms. The van der Waals surface area contributed by atoms with Crippen LogP contribution in [0.15, 0.2) is 28.9 Å². The first-order valence-electron chi connectivity index (χ1n) is 11.0. The Morgan fingerprint density at radius 3 is 2.52 bits per heavy atom. The molecule has 1 aliphatic heterocycles. The summed E-state index contributed by atoms with van der Waals surface area (Å²) in [6.45, 7) is 9.83. The van der Waals surface area contributed by atoms with E-state index in [1.807, 2.05) is 19.9 Å². The van der Waals surface area contributed by atoms with Crippen molar-refractivity contribution in [2.75, 3.05) is 19.7 Å². The quantitative estimate of drug-likeness (QED) is 0.468. The number of rotatable bonds is 8. The second-order valence-corrected chi connectivity index (χ2v) is 8.69. The Hall–Kier alpha value is -2.83. The van der Waals surface area contributed by atoms with Crippen molar-refractivity contribution in [1.29, 1.82) is 0 Å². The molecule has 3 rings (SSSR count). The molecule has 0 unspecified atom stereocenters. The van der Waals surface area contributed by atoms with Gasteiger partial charge in [0.1, 0.15) is 0 Å². The van der Waals surface area contributed by atoms with E-state index < -0.39 is 0 Å². The Bertz CT molecular complexity index is 918. The van der Waals surface area contributed by atoms with E-state index in [1.54, 1.807) is 17.0 Å². The van der Waals surface area contributed by atoms with Crippen LogP contribution in [-0.2, 0) is 16.1 Å². The van der Waals surface area contributed by atoms with Gasteiger partial charge in [-0.3, -0.25) is 14.4 Å². The summed E-state index contributed by atoms with van der Waals surface area (Å²) < 4.78 is 12.7. The van der Waals surface area contributed by atoms with Crippen molar-refractivity contribution in [3.63, 3.8) is 0 Å². The fourth-order valence-corrected chi connectivity index (χ4v) is 4.02. The second-order valence-electron chi connectivity index (χ2n) is 8.69. The highest BCUT2D eigenvalue weighted by molar-refractivity contribution is 5.99. The molecule has 0 saturated carbocycles. The lowest BCUT2D eigenvalue weighted by atomic mass is 9.97. The number of piperidine rings is 1. The number of ether oxygens (including phenoxy) is 1. The zero-order chi connectivity index (χ0) is 22.5. The van der Waals surface area contributed by atoms with Gasteiger partial charge < -0.3 is 18.6 Å². The van der Waals surface area contributed by atoms with Gasteiger partial charge in [-0.1, -0.05) is 13.8 Å². The molecule has 1 fully saturated rings. The minimum absolute atomic E-state index is 0.167. The van der Waals surface area contributed by atoms with Crippen LogP contribution >= 0.6 is 0 Å². The van der Waals surface area contributed by atoms with Crippen molar-refractivity contribution in [1.82, 2.24) is 9.47 Å². The molecule has 7 nitrogen and oxygen atoms in total. The summed E-state index contributed by atoms with van der Waals surface area (Å²) >= 11 is 0. The van der Waals surface area contributed by atoms with E-state index in [9.17, 15) is 14.4 Å².